The summed E-state index contributed by atoms with van der Waals surface area (Å²) >= 11 is 3.33. The van der Waals surface area contributed by atoms with Gasteiger partial charge < -0.3 is 10.4 Å². The Morgan fingerprint density at radius 2 is 1.90 bits per heavy atom. The number of carbonyl (C=O) groups is 1. The highest BCUT2D eigenvalue weighted by atomic mass is 79.9. The fourth-order valence-electron chi connectivity index (χ4n) is 2.08. The van der Waals surface area contributed by atoms with E-state index in [1.807, 2.05) is 6.07 Å². The van der Waals surface area contributed by atoms with E-state index in [9.17, 15) is 4.79 Å². The summed E-state index contributed by atoms with van der Waals surface area (Å²) in [7, 11) is 0. The predicted molar refractivity (Wildman–Crippen MR) is 87.5 cm³/mol. The van der Waals surface area contributed by atoms with Gasteiger partial charge in [-0.05, 0) is 30.5 Å². The molecule has 0 radical (unpaired) electrons. The maximum absolute atomic E-state index is 11.0. The number of aromatic carboxylic acids is 1. The van der Waals surface area contributed by atoms with Crippen molar-refractivity contribution in [3.8, 4) is 0 Å². The average molecular weight is 342 g/mol. The first kappa shape index (κ1) is 17.0. The molecular formula is C16H24BrNO2. The second-order valence-electron chi connectivity index (χ2n) is 5.56. The summed E-state index contributed by atoms with van der Waals surface area (Å²) in [5, 5.41) is 12.3. The van der Waals surface area contributed by atoms with Crippen LogP contribution < -0.4 is 5.32 Å². The van der Waals surface area contributed by atoms with Crippen molar-refractivity contribution >= 4 is 27.6 Å². The van der Waals surface area contributed by atoms with Crippen molar-refractivity contribution in [3.05, 3.63) is 28.2 Å². The SMILES string of the molecule is CC(C)CCCCCCNc1cc(Br)cc(C(=O)O)c1. The van der Waals surface area contributed by atoms with Crippen LogP contribution in [0.4, 0.5) is 5.69 Å². The Hall–Kier alpha value is -1.03. The minimum absolute atomic E-state index is 0.304. The van der Waals surface area contributed by atoms with E-state index in [1.54, 1.807) is 12.1 Å². The number of rotatable bonds is 9. The molecule has 1 rings (SSSR count). The summed E-state index contributed by atoms with van der Waals surface area (Å²) in [6.07, 6.45) is 6.23. The maximum Gasteiger partial charge on any atom is 0.335 e. The van der Waals surface area contributed by atoms with Gasteiger partial charge in [-0.15, -0.1) is 0 Å². The van der Waals surface area contributed by atoms with Crippen molar-refractivity contribution in [1.82, 2.24) is 0 Å². The molecule has 112 valence electrons. The molecule has 0 aliphatic rings. The van der Waals surface area contributed by atoms with E-state index >= 15 is 0 Å². The van der Waals surface area contributed by atoms with Crippen molar-refractivity contribution < 1.29 is 9.90 Å². The van der Waals surface area contributed by atoms with E-state index in [0.717, 1.165) is 29.0 Å². The van der Waals surface area contributed by atoms with Crippen LogP contribution in [-0.4, -0.2) is 17.6 Å². The molecular weight excluding hydrogens is 318 g/mol. The molecule has 0 aliphatic carbocycles. The topological polar surface area (TPSA) is 49.3 Å². The van der Waals surface area contributed by atoms with Gasteiger partial charge in [-0.3, -0.25) is 0 Å². The minimum Gasteiger partial charge on any atom is -0.478 e. The lowest BCUT2D eigenvalue weighted by molar-refractivity contribution is 0.0697. The van der Waals surface area contributed by atoms with Gasteiger partial charge in [-0.25, -0.2) is 4.79 Å². The Labute approximate surface area is 129 Å². The molecule has 3 nitrogen and oxygen atoms in total. The Kier molecular flexibility index (Phi) is 7.67. The molecule has 0 saturated heterocycles. The highest BCUT2D eigenvalue weighted by molar-refractivity contribution is 9.10. The summed E-state index contributed by atoms with van der Waals surface area (Å²) in [5.74, 6) is -0.104. The molecule has 0 unspecified atom stereocenters. The summed E-state index contributed by atoms with van der Waals surface area (Å²) in [6, 6.07) is 5.19. The van der Waals surface area contributed by atoms with Crippen LogP contribution in [0.3, 0.4) is 0 Å². The molecule has 20 heavy (non-hydrogen) atoms. The predicted octanol–water partition coefficient (Wildman–Crippen LogP) is 5.17. The second kappa shape index (κ2) is 9.01. The van der Waals surface area contributed by atoms with Gasteiger partial charge in [0.05, 0.1) is 5.56 Å². The van der Waals surface area contributed by atoms with E-state index in [2.05, 4.69) is 35.1 Å². The summed E-state index contributed by atoms with van der Waals surface area (Å²) in [5.41, 5.74) is 1.16. The number of hydrogen-bond donors (Lipinski definition) is 2. The first-order chi connectivity index (χ1) is 9.49. The van der Waals surface area contributed by atoms with Gasteiger partial charge in [0.25, 0.3) is 0 Å². The highest BCUT2D eigenvalue weighted by Crippen LogP contribution is 2.20. The van der Waals surface area contributed by atoms with E-state index in [1.165, 1.54) is 25.7 Å². The number of unbranched alkanes of at least 4 members (excludes halogenated alkanes) is 3. The first-order valence-electron chi connectivity index (χ1n) is 7.27. The van der Waals surface area contributed by atoms with E-state index < -0.39 is 5.97 Å². The van der Waals surface area contributed by atoms with Gasteiger partial charge in [0.15, 0.2) is 0 Å². The molecule has 0 saturated carbocycles. The summed E-state index contributed by atoms with van der Waals surface area (Å²) < 4.78 is 0.789. The van der Waals surface area contributed by atoms with Crippen molar-refractivity contribution in [2.75, 3.05) is 11.9 Å². The second-order valence-corrected chi connectivity index (χ2v) is 6.47. The molecule has 0 atom stereocenters. The lowest BCUT2D eigenvalue weighted by atomic mass is 10.0. The summed E-state index contributed by atoms with van der Waals surface area (Å²) in [6.45, 7) is 5.40. The molecule has 0 aromatic heterocycles. The monoisotopic (exact) mass is 341 g/mol. The number of benzene rings is 1. The van der Waals surface area contributed by atoms with Gasteiger partial charge in [0, 0.05) is 16.7 Å². The smallest absolute Gasteiger partial charge is 0.335 e. The standard InChI is InChI=1S/C16H24BrNO2/c1-12(2)7-5-3-4-6-8-18-15-10-13(16(19)20)9-14(17)11-15/h9-12,18H,3-8H2,1-2H3,(H,19,20). The van der Waals surface area contributed by atoms with Crippen LogP contribution in [0.5, 0.6) is 0 Å². The largest absolute Gasteiger partial charge is 0.478 e. The van der Waals surface area contributed by atoms with E-state index in [0.29, 0.717) is 5.56 Å². The third kappa shape index (κ3) is 6.94. The minimum atomic E-state index is -0.900. The Morgan fingerprint density at radius 1 is 1.20 bits per heavy atom. The van der Waals surface area contributed by atoms with Crippen molar-refractivity contribution in [2.45, 2.75) is 46.0 Å². The van der Waals surface area contributed by atoms with Gasteiger partial charge >= 0.3 is 5.97 Å². The Bertz CT molecular complexity index is 432. The number of nitrogens with one attached hydrogen (secondary N) is 1. The number of halogens is 1. The molecule has 0 amide bonds. The Morgan fingerprint density at radius 3 is 2.55 bits per heavy atom. The number of carboxylic acids is 1. The van der Waals surface area contributed by atoms with Gasteiger partial charge in [0.1, 0.15) is 0 Å². The third-order valence-electron chi connectivity index (χ3n) is 3.18. The molecule has 0 bridgehead atoms. The zero-order chi connectivity index (χ0) is 15.0. The average Bonchev–Trinajstić information content (AvgIpc) is 2.36. The van der Waals surface area contributed by atoms with Crippen LogP contribution in [0.2, 0.25) is 0 Å². The number of carboxylic acid groups (broad SMARTS) is 1. The lowest BCUT2D eigenvalue weighted by Gasteiger charge is -2.08. The van der Waals surface area contributed by atoms with Crippen molar-refractivity contribution in [2.24, 2.45) is 5.92 Å². The molecule has 2 N–H and O–H groups in total. The van der Waals surface area contributed by atoms with Crippen LogP contribution in [-0.2, 0) is 0 Å². The van der Waals surface area contributed by atoms with Crippen LogP contribution in [0.25, 0.3) is 0 Å². The molecule has 1 aromatic carbocycles. The van der Waals surface area contributed by atoms with Crippen molar-refractivity contribution in [1.29, 1.82) is 0 Å². The van der Waals surface area contributed by atoms with Crippen LogP contribution in [0.15, 0.2) is 22.7 Å². The highest BCUT2D eigenvalue weighted by Gasteiger charge is 2.05. The van der Waals surface area contributed by atoms with Gasteiger partial charge in [-0.2, -0.15) is 0 Å². The zero-order valence-electron chi connectivity index (χ0n) is 12.3. The molecule has 0 spiro atoms. The zero-order valence-corrected chi connectivity index (χ0v) is 13.9. The number of anilines is 1. The molecule has 0 fully saturated rings. The van der Waals surface area contributed by atoms with Crippen LogP contribution in [0, 0.1) is 5.92 Å². The van der Waals surface area contributed by atoms with Gasteiger partial charge in [0.2, 0.25) is 0 Å². The summed E-state index contributed by atoms with van der Waals surface area (Å²) in [4.78, 5) is 11.0. The fourth-order valence-corrected chi connectivity index (χ4v) is 2.57. The van der Waals surface area contributed by atoms with Crippen LogP contribution in [0.1, 0.15) is 56.3 Å². The third-order valence-corrected chi connectivity index (χ3v) is 3.64. The Balaban J connectivity index is 2.27. The quantitative estimate of drug-likeness (QED) is 0.609. The van der Waals surface area contributed by atoms with Crippen molar-refractivity contribution in [3.63, 3.8) is 0 Å². The number of hydrogen-bond acceptors (Lipinski definition) is 2. The normalized spacial score (nSPS) is 10.8. The molecule has 1 aromatic rings. The molecule has 0 heterocycles. The van der Waals surface area contributed by atoms with E-state index in [4.69, 9.17) is 5.11 Å². The molecule has 0 aliphatic heterocycles. The molecule has 4 heteroatoms. The van der Waals surface area contributed by atoms with Gasteiger partial charge in [-0.1, -0.05) is 55.5 Å². The van der Waals surface area contributed by atoms with E-state index in [-0.39, 0.29) is 0 Å². The first-order valence-corrected chi connectivity index (χ1v) is 8.06. The lowest BCUT2D eigenvalue weighted by Crippen LogP contribution is -2.04. The van der Waals surface area contributed by atoms with Crippen LogP contribution >= 0.6 is 15.9 Å². The maximum atomic E-state index is 11.0. The fraction of sp³-hybridized carbons (Fsp3) is 0.562.